The van der Waals surface area contributed by atoms with Crippen LogP contribution in [0.1, 0.15) is 95.5 Å². The summed E-state index contributed by atoms with van der Waals surface area (Å²) in [7, 11) is 0. The number of fused-ring (bicyclic) bond motifs is 4. The van der Waals surface area contributed by atoms with Crippen LogP contribution >= 0.6 is 0 Å². The molecule has 0 aliphatic rings. The van der Waals surface area contributed by atoms with Gasteiger partial charge in [-0.1, -0.05) is 190 Å². The van der Waals surface area contributed by atoms with E-state index in [-0.39, 0.29) is 39.5 Å². The predicted molar refractivity (Wildman–Crippen MR) is 299 cm³/mol. The van der Waals surface area contributed by atoms with Crippen LogP contribution < -0.4 is 9.30 Å². The molecule has 356 valence electrons. The van der Waals surface area contributed by atoms with E-state index in [1.165, 1.54) is 0 Å². The Bertz CT molecular complexity index is 4210. The van der Waals surface area contributed by atoms with E-state index in [0.29, 0.717) is 45.0 Å². The lowest BCUT2D eigenvalue weighted by atomic mass is 9.78. The highest BCUT2D eigenvalue weighted by molar-refractivity contribution is 6.10. The second-order valence-corrected chi connectivity index (χ2v) is 21.8. The van der Waals surface area contributed by atoms with E-state index in [2.05, 4.69) is 140 Å². The number of aryl methyl sites for hydroxylation is 1. The third-order valence-corrected chi connectivity index (χ3v) is 13.7. The number of rotatable bonds is 8. The molecule has 0 spiro atoms. The van der Waals surface area contributed by atoms with Crippen LogP contribution in [0.5, 0.6) is 11.5 Å². The molecule has 0 fully saturated rings. The van der Waals surface area contributed by atoms with Crippen LogP contribution in [-0.2, 0) is 16.2 Å². The number of ether oxygens (including phenoxy) is 1. The predicted octanol–water partition coefficient (Wildman–Crippen LogP) is 17.2. The molecule has 0 atom stereocenters. The Labute approximate surface area is 435 Å². The van der Waals surface area contributed by atoms with Crippen LogP contribution in [0, 0.1) is 13.2 Å². The molecule has 3 aromatic heterocycles. The number of benzene rings is 8. The van der Waals surface area contributed by atoms with Gasteiger partial charge >= 0.3 is 0 Å². The Kier molecular flexibility index (Phi) is 9.27. The quantitative estimate of drug-likeness (QED) is 0.112. The summed E-state index contributed by atoms with van der Waals surface area (Å²) in [5, 5.41) is 2.11. The van der Waals surface area contributed by atoms with E-state index >= 15 is 0 Å². The maximum absolute atomic E-state index is 9.29. The molecule has 0 saturated heterocycles. The van der Waals surface area contributed by atoms with Crippen molar-refractivity contribution in [1.29, 1.82) is 0 Å². The molecule has 0 radical (unpaired) electrons. The van der Waals surface area contributed by atoms with E-state index in [0.717, 1.165) is 61.0 Å². The fraction of sp³-hybridized carbons (Fsp3) is 0.194. The zero-order valence-corrected chi connectivity index (χ0v) is 42.3. The summed E-state index contributed by atoms with van der Waals surface area (Å²) >= 11 is 0. The first-order valence-electron chi connectivity index (χ1n) is 28.5. The van der Waals surface area contributed by atoms with Crippen molar-refractivity contribution < 1.29 is 20.3 Å². The fourth-order valence-electron chi connectivity index (χ4n) is 9.71. The minimum atomic E-state index is -2.61. The van der Waals surface area contributed by atoms with E-state index in [1.807, 2.05) is 79.0 Å². The van der Waals surface area contributed by atoms with Gasteiger partial charge in [0.2, 0.25) is 0 Å². The van der Waals surface area contributed by atoms with Crippen LogP contribution in [0.25, 0.3) is 83.4 Å². The first kappa shape index (κ1) is 37.8. The minimum absolute atomic E-state index is 0.0234. The summed E-state index contributed by atoms with van der Waals surface area (Å²) in [6.45, 7) is 16.9. The first-order chi connectivity index (χ1) is 37.8. The summed E-state index contributed by atoms with van der Waals surface area (Å²) in [5.74, 6) is 1.88. The number of para-hydroxylation sites is 2. The summed E-state index contributed by atoms with van der Waals surface area (Å²) < 4.78 is 84.1. The van der Waals surface area contributed by atoms with Crippen LogP contribution in [-0.4, -0.2) is 14.1 Å². The number of hydrogen-bond donors (Lipinski definition) is 0. The van der Waals surface area contributed by atoms with Crippen LogP contribution in [0.4, 0.5) is 0 Å². The first-order valence-corrected chi connectivity index (χ1v) is 24.5. The molecule has 3 heterocycles. The van der Waals surface area contributed by atoms with Crippen LogP contribution in [0.15, 0.2) is 194 Å². The van der Waals surface area contributed by atoms with Crippen molar-refractivity contribution in [3.63, 3.8) is 0 Å². The summed E-state index contributed by atoms with van der Waals surface area (Å²) in [6, 6.07) is 49.6. The maximum atomic E-state index is 9.29. The number of hydrogen-bond acceptors (Lipinski definition) is 2. The van der Waals surface area contributed by atoms with Gasteiger partial charge in [0.15, 0.2) is 0 Å². The summed E-state index contributed by atoms with van der Waals surface area (Å²) in [6.07, 6.45) is 5.44. The number of nitrogens with zero attached hydrogens (tertiary/aromatic N) is 4. The van der Waals surface area contributed by atoms with Crippen molar-refractivity contribution in [3.05, 3.63) is 223 Å². The van der Waals surface area contributed by atoms with Crippen molar-refractivity contribution in [2.45, 2.75) is 85.4 Å². The lowest BCUT2D eigenvalue weighted by Crippen LogP contribution is -2.32. The zero-order chi connectivity index (χ0) is 57.0. The molecule has 0 aliphatic carbocycles. The highest BCUT2D eigenvalue weighted by atomic mass is 16.5. The third-order valence-electron chi connectivity index (χ3n) is 13.7. The standard InChI is InChI=1S/C67H62N4O/c1-44-20-17-29-60-63(44)70(64-55(46-23-15-12-16-24-46)27-19-28-56(64)48-36-50(66(5,6)7)39-51(37-48)67(8,9)10)43-69(60)52-25-18-26-53(41-52)72-54-31-32-57-58-38-47(45-21-13-11-14-22-45)30-33-59(58)71(61(57)42-54)62-40-49(34-35-68-62)65(2,3)4/h11-42H,1-10H3/i1D3,12D,15D,16D,23D,24D. The van der Waals surface area contributed by atoms with E-state index in [1.54, 1.807) is 27.3 Å². The molecule has 0 saturated carbocycles. The molecule has 5 nitrogen and oxygen atoms in total. The third kappa shape index (κ3) is 8.57. The van der Waals surface area contributed by atoms with Gasteiger partial charge in [0.1, 0.15) is 17.3 Å². The highest BCUT2D eigenvalue weighted by Gasteiger charge is 2.26. The van der Waals surface area contributed by atoms with Crippen molar-refractivity contribution in [1.82, 2.24) is 14.1 Å². The van der Waals surface area contributed by atoms with Gasteiger partial charge in [0.05, 0.1) is 40.3 Å². The molecule has 11 aromatic rings. The molecule has 11 rings (SSSR count). The van der Waals surface area contributed by atoms with Gasteiger partial charge < -0.3 is 4.74 Å². The molecule has 0 bridgehead atoms. The van der Waals surface area contributed by atoms with Crippen molar-refractivity contribution in [2.24, 2.45) is 0 Å². The Morgan fingerprint density at radius 1 is 0.528 bits per heavy atom. The molecule has 0 aliphatic heterocycles. The van der Waals surface area contributed by atoms with Crippen LogP contribution in [0.3, 0.4) is 0 Å². The molecule has 0 N–H and O–H groups in total. The topological polar surface area (TPSA) is 35.9 Å². The monoisotopic (exact) mass is 947 g/mol. The van der Waals surface area contributed by atoms with Gasteiger partial charge in [-0.05, 0) is 133 Å². The zero-order valence-electron chi connectivity index (χ0n) is 50.3. The van der Waals surface area contributed by atoms with Gasteiger partial charge in [-0.3, -0.25) is 13.7 Å². The average molecular weight is 947 g/mol. The van der Waals surface area contributed by atoms with E-state index in [4.69, 9.17) is 17.9 Å². The Morgan fingerprint density at radius 2 is 1.22 bits per heavy atom. The number of imidazole rings is 1. The lowest BCUT2D eigenvalue weighted by Gasteiger charge is -2.27. The SMILES string of the molecule is [2H]c1c([2H])c([2H])c(-c2cccc(-c3cc(C(C)(C)C)cc(C(C)(C)C)c3)c2-[n+]2[c-]n(-c3cccc(Oc4ccc5c6cc(-c7ccccc7)ccc6n(-c6cc(C(C)(C)C)ccn6)c5c4)c3)c3cccc(C([2H])([2H])[2H])c32)c([2H])c1[2H]. The van der Waals surface area contributed by atoms with Crippen molar-refractivity contribution >= 4 is 32.8 Å². The Morgan fingerprint density at radius 3 is 1.94 bits per heavy atom. The highest BCUT2D eigenvalue weighted by Crippen LogP contribution is 2.41. The largest absolute Gasteiger partial charge is 0.458 e. The Hall–Kier alpha value is -8.02. The molecule has 72 heavy (non-hydrogen) atoms. The van der Waals surface area contributed by atoms with Gasteiger partial charge in [-0.15, -0.1) is 0 Å². The summed E-state index contributed by atoms with van der Waals surface area (Å²) in [4.78, 5) is 4.93. The second kappa shape index (κ2) is 17.7. The molecular formula is C67H62N4O. The van der Waals surface area contributed by atoms with Gasteiger partial charge in [0, 0.05) is 27.1 Å². The van der Waals surface area contributed by atoms with Gasteiger partial charge in [0.25, 0.3) is 6.33 Å². The van der Waals surface area contributed by atoms with E-state index in [9.17, 15) is 2.74 Å². The lowest BCUT2D eigenvalue weighted by molar-refractivity contribution is -0.571. The minimum Gasteiger partial charge on any atom is -0.458 e. The molecule has 8 aromatic carbocycles. The Balaban J connectivity index is 1.12. The second-order valence-electron chi connectivity index (χ2n) is 21.8. The van der Waals surface area contributed by atoms with Gasteiger partial charge in [-0.2, -0.15) is 0 Å². The fourth-order valence-corrected chi connectivity index (χ4v) is 9.71. The number of aromatic nitrogens is 4. The number of pyridine rings is 1. The average Bonchev–Trinajstić information content (AvgIpc) is 4.19. The molecule has 5 heteroatoms. The molecular weight excluding hydrogens is 877 g/mol. The molecule has 0 unspecified atom stereocenters. The maximum Gasteiger partial charge on any atom is 0.269 e. The van der Waals surface area contributed by atoms with Gasteiger partial charge in [-0.25, -0.2) is 4.98 Å². The summed E-state index contributed by atoms with van der Waals surface area (Å²) in [5.41, 5.74) is 10.4. The molecule has 0 amide bonds. The van der Waals surface area contributed by atoms with Crippen molar-refractivity contribution in [2.75, 3.05) is 0 Å². The normalized spacial score (nSPS) is 14.1. The van der Waals surface area contributed by atoms with Crippen molar-refractivity contribution in [3.8, 4) is 62.1 Å². The smallest absolute Gasteiger partial charge is 0.269 e. The van der Waals surface area contributed by atoms with Crippen LogP contribution in [0.2, 0.25) is 0 Å². The van der Waals surface area contributed by atoms with E-state index < -0.39 is 25.0 Å².